The zero-order chi connectivity index (χ0) is 25.3. The second kappa shape index (κ2) is 9.43. The predicted molar refractivity (Wildman–Crippen MR) is 125 cm³/mol. The number of aryl methyl sites for hydroxylation is 1. The van der Waals surface area contributed by atoms with E-state index in [1.54, 1.807) is 13.8 Å². The van der Waals surface area contributed by atoms with Crippen LogP contribution in [-0.4, -0.2) is 44.3 Å². The van der Waals surface area contributed by atoms with Crippen molar-refractivity contribution < 1.29 is 29.2 Å². The van der Waals surface area contributed by atoms with Gasteiger partial charge in [-0.3, -0.25) is 29.6 Å². The van der Waals surface area contributed by atoms with Crippen molar-refractivity contribution in [3.63, 3.8) is 0 Å². The molecule has 1 atom stereocenters. The van der Waals surface area contributed by atoms with Crippen molar-refractivity contribution in [2.45, 2.75) is 19.9 Å². The number of pyridine rings is 1. The molecule has 3 aromatic rings. The fraction of sp³-hybridized carbons (Fsp3) is 0.174. The van der Waals surface area contributed by atoms with E-state index in [-0.39, 0.29) is 33.4 Å². The summed E-state index contributed by atoms with van der Waals surface area (Å²) in [7, 11) is 0. The summed E-state index contributed by atoms with van der Waals surface area (Å²) in [5, 5.41) is 22.2. The Bertz CT molecular complexity index is 1370. The van der Waals surface area contributed by atoms with E-state index in [4.69, 9.17) is 4.74 Å². The molecule has 12 heteroatoms. The Morgan fingerprint density at radius 2 is 1.86 bits per heavy atom. The van der Waals surface area contributed by atoms with Gasteiger partial charge in [-0.05, 0) is 43.7 Å². The second-order valence-electron chi connectivity index (χ2n) is 7.39. The van der Waals surface area contributed by atoms with Crippen LogP contribution in [0, 0.1) is 17.0 Å². The molecule has 1 aliphatic heterocycles. The number of hydrogen-bond donors (Lipinski definition) is 1. The van der Waals surface area contributed by atoms with Crippen LogP contribution in [0.3, 0.4) is 0 Å². The number of aromatic nitrogens is 2. The van der Waals surface area contributed by atoms with Crippen LogP contribution in [0.1, 0.15) is 39.5 Å². The van der Waals surface area contributed by atoms with Crippen LogP contribution in [0.15, 0.2) is 54.4 Å². The lowest BCUT2D eigenvalue weighted by Crippen LogP contribution is -2.29. The summed E-state index contributed by atoms with van der Waals surface area (Å²) < 4.78 is 5.04. The number of esters is 1. The number of aliphatic hydroxyl groups excluding tert-OH is 1. The molecular weight excluding hydrogens is 476 g/mol. The number of nitrogens with zero attached hydrogens (tertiary/aromatic N) is 4. The summed E-state index contributed by atoms with van der Waals surface area (Å²) in [6.07, 6.45) is 2.84. The molecule has 1 aliphatic rings. The Morgan fingerprint density at radius 1 is 1.20 bits per heavy atom. The summed E-state index contributed by atoms with van der Waals surface area (Å²) in [4.78, 5) is 58.6. The van der Waals surface area contributed by atoms with Gasteiger partial charge in [0.1, 0.15) is 10.6 Å². The maximum Gasteiger partial charge on any atom is 0.350 e. The molecule has 0 radical (unpaired) electrons. The van der Waals surface area contributed by atoms with Crippen LogP contribution in [0.25, 0.3) is 5.76 Å². The molecule has 0 bridgehead atoms. The van der Waals surface area contributed by atoms with Gasteiger partial charge in [-0.1, -0.05) is 11.3 Å². The molecule has 4 rings (SSSR count). The number of aliphatic hydroxyl groups is 1. The number of benzene rings is 1. The van der Waals surface area contributed by atoms with Crippen molar-refractivity contribution in [1.82, 2.24) is 9.97 Å². The third-order valence-corrected chi connectivity index (χ3v) is 6.41. The van der Waals surface area contributed by atoms with Gasteiger partial charge in [0.15, 0.2) is 5.13 Å². The van der Waals surface area contributed by atoms with Crippen molar-refractivity contribution in [3.8, 4) is 0 Å². The normalized spacial score (nSPS) is 17.0. The van der Waals surface area contributed by atoms with E-state index in [1.165, 1.54) is 48.8 Å². The topological polar surface area (TPSA) is 153 Å². The van der Waals surface area contributed by atoms with E-state index >= 15 is 0 Å². The highest BCUT2D eigenvalue weighted by molar-refractivity contribution is 7.17. The van der Waals surface area contributed by atoms with Crippen molar-refractivity contribution in [3.05, 3.63) is 86.2 Å². The van der Waals surface area contributed by atoms with Gasteiger partial charge in [0.05, 0.1) is 28.8 Å². The summed E-state index contributed by atoms with van der Waals surface area (Å²) in [5.74, 6) is -2.98. The maximum atomic E-state index is 13.2. The predicted octanol–water partition coefficient (Wildman–Crippen LogP) is 3.56. The molecule has 178 valence electrons. The standard InChI is InChI=1S/C23H18N4O7S/c1-3-34-22(31)20-12(2)25-23(35-20)26-17(13-4-6-15(7-5-13)27(32)33)16(19(29)21(26)30)18(28)14-8-10-24-11-9-14/h4-11,17,28H,3H2,1-2H3/b18-16+. The molecule has 2 aromatic heterocycles. The fourth-order valence-corrected chi connectivity index (χ4v) is 4.65. The van der Waals surface area contributed by atoms with Gasteiger partial charge in [-0.15, -0.1) is 0 Å². The van der Waals surface area contributed by atoms with Crippen LogP contribution >= 0.6 is 11.3 Å². The number of nitro groups is 1. The number of ketones is 1. The van der Waals surface area contributed by atoms with E-state index < -0.39 is 34.4 Å². The number of carbonyl (C=O) groups excluding carboxylic acids is 3. The molecule has 0 aliphatic carbocycles. The average Bonchev–Trinajstić information content (AvgIpc) is 3.36. The van der Waals surface area contributed by atoms with E-state index in [1.807, 2.05) is 0 Å². The molecule has 1 N–H and O–H groups in total. The number of thiazole rings is 1. The minimum Gasteiger partial charge on any atom is -0.507 e. The summed E-state index contributed by atoms with van der Waals surface area (Å²) in [6.45, 7) is 3.37. The smallest absolute Gasteiger partial charge is 0.350 e. The first-order valence-corrected chi connectivity index (χ1v) is 11.2. The van der Waals surface area contributed by atoms with Gasteiger partial charge in [0, 0.05) is 30.1 Å². The molecule has 1 aromatic carbocycles. The summed E-state index contributed by atoms with van der Waals surface area (Å²) >= 11 is 0.871. The highest BCUT2D eigenvalue weighted by Gasteiger charge is 2.48. The van der Waals surface area contributed by atoms with Crippen molar-refractivity contribution >= 4 is 45.6 Å². The van der Waals surface area contributed by atoms with Crippen molar-refractivity contribution in [1.29, 1.82) is 0 Å². The van der Waals surface area contributed by atoms with Gasteiger partial charge in [0.2, 0.25) is 0 Å². The second-order valence-corrected chi connectivity index (χ2v) is 8.36. The first kappa shape index (κ1) is 23.7. The van der Waals surface area contributed by atoms with Crippen LogP contribution in [-0.2, 0) is 14.3 Å². The van der Waals surface area contributed by atoms with Gasteiger partial charge in [0.25, 0.3) is 11.5 Å². The van der Waals surface area contributed by atoms with Crippen molar-refractivity contribution in [2.75, 3.05) is 11.5 Å². The quantitative estimate of drug-likeness (QED) is 0.135. The Kier molecular flexibility index (Phi) is 6.38. The Hall–Kier alpha value is -4.45. The average molecular weight is 494 g/mol. The third kappa shape index (κ3) is 4.26. The Balaban J connectivity index is 1.91. The van der Waals surface area contributed by atoms with Crippen LogP contribution in [0.4, 0.5) is 10.8 Å². The monoisotopic (exact) mass is 494 g/mol. The largest absolute Gasteiger partial charge is 0.507 e. The van der Waals surface area contributed by atoms with Crippen LogP contribution in [0.2, 0.25) is 0 Å². The zero-order valence-corrected chi connectivity index (χ0v) is 19.3. The summed E-state index contributed by atoms with van der Waals surface area (Å²) in [6, 6.07) is 7.06. The van der Waals surface area contributed by atoms with Crippen LogP contribution < -0.4 is 4.90 Å². The number of nitro benzene ring substituents is 1. The van der Waals surface area contributed by atoms with Crippen molar-refractivity contribution in [2.24, 2.45) is 0 Å². The number of hydrogen-bond acceptors (Lipinski definition) is 10. The zero-order valence-electron chi connectivity index (χ0n) is 18.5. The number of rotatable bonds is 6. The first-order chi connectivity index (χ1) is 16.7. The van der Waals surface area contributed by atoms with Gasteiger partial charge < -0.3 is 9.84 Å². The third-order valence-electron chi connectivity index (χ3n) is 5.27. The molecule has 11 nitrogen and oxygen atoms in total. The molecule has 1 saturated heterocycles. The van der Waals surface area contributed by atoms with Crippen LogP contribution in [0.5, 0.6) is 0 Å². The minimum absolute atomic E-state index is 0.0461. The van der Waals surface area contributed by atoms with E-state index in [0.29, 0.717) is 11.3 Å². The number of carbonyl (C=O) groups is 3. The van der Waals surface area contributed by atoms with Gasteiger partial charge >= 0.3 is 11.9 Å². The first-order valence-electron chi connectivity index (χ1n) is 10.3. The fourth-order valence-electron chi connectivity index (χ4n) is 3.66. The lowest BCUT2D eigenvalue weighted by molar-refractivity contribution is -0.384. The minimum atomic E-state index is -1.15. The molecular formula is C23H18N4O7S. The van der Waals surface area contributed by atoms with E-state index in [9.17, 15) is 29.6 Å². The molecule has 3 heterocycles. The SMILES string of the molecule is CCOC(=O)c1sc(N2C(=O)C(=O)/C(=C(/O)c3ccncc3)C2c2ccc([N+](=O)[O-])cc2)nc1C. The molecule has 1 unspecified atom stereocenters. The lowest BCUT2D eigenvalue weighted by atomic mass is 9.95. The lowest BCUT2D eigenvalue weighted by Gasteiger charge is -2.22. The van der Waals surface area contributed by atoms with E-state index in [0.717, 1.165) is 16.2 Å². The summed E-state index contributed by atoms with van der Waals surface area (Å²) in [5.41, 5.74) is 0.487. The highest BCUT2D eigenvalue weighted by atomic mass is 32.1. The van der Waals surface area contributed by atoms with E-state index in [2.05, 4.69) is 9.97 Å². The Labute approximate surface area is 202 Å². The number of non-ortho nitro benzene ring substituents is 1. The molecule has 1 amide bonds. The number of ether oxygens (including phenoxy) is 1. The molecule has 0 saturated carbocycles. The maximum absolute atomic E-state index is 13.2. The van der Waals surface area contributed by atoms with Gasteiger partial charge in [-0.25, -0.2) is 9.78 Å². The highest BCUT2D eigenvalue weighted by Crippen LogP contribution is 2.44. The Morgan fingerprint density at radius 3 is 2.46 bits per heavy atom. The number of anilines is 1. The number of amides is 1. The molecule has 0 spiro atoms. The number of Topliss-reactive ketones (excluding diaryl/α,β-unsaturated/α-hetero) is 1. The van der Waals surface area contributed by atoms with Gasteiger partial charge in [-0.2, -0.15) is 0 Å². The molecule has 35 heavy (non-hydrogen) atoms. The molecule has 1 fully saturated rings.